The predicted octanol–water partition coefficient (Wildman–Crippen LogP) is 6.97. The minimum atomic E-state index is -1.16. The number of hydrogen-bond donors (Lipinski definition) is 1. The molecule has 0 amide bonds. The van der Waals surface area contributed by atoms with Gasteiger partial charge in [0.15, 0.2) is 11.5 Å². The maximum absolute atomic E-state index is 12.0. The first kappa shape index (κ1) is 26.6. The van der Waals surface area contributed by atoms with Gasteiger partial charge in [-0.2, -0.15) is 0 Å². The second-order valence-corrected chi connectivity index (χ2v) is 9.73. The molecule has 0 saturated heterocycles. The van der Waals surface area contributed by atoms with Gasteiger partial charge in [-0.05, 0) is 75.2 Å². The standard InChI is InChI=1S/C26H20BrClN2O6S/c1-33-20-9-8-17(28)13-18(20)24-29-30-26(36-24)37-22(25(31)32)12-16-10-19(27)23(21(11-16)34-2)35-14-15-6-4-3-5-7-15/h3-13H,14H2,1-2H3,(H,31,32)/b22-12-. The van der Waals surface area contributed by atoms with Crippen LogP contribution >= 0.6 is 39.3 Å². The Kier molecular flexibility index (Phi) is 8.75. The molecule has 190 valence electrons. The molecule has 0 aliphatic rings. The smallest absolute Gasteiger partial charge is 0.342 e. The highest BCUT2D eigenvalue weighted by atomic mass is 79.9. The molecule has 8 nitrogen and oxygen atoms in total. The summed E-state index contributed by atoms with van der Waals surface area (Å²) in [6.45, 7) is 0.345. The van der Waals surface area contributed by atoms with Crippen LogP contribution in [0.3, 0.4) is 0 Å². The summed E-state index contributed by atoms with van der Waals surface area (Å²) >= 11 is 10.4. The molecule has 1 aromatic heterocycles. The van der Waals surface area contributed by atoms with Crippen LogP contribution in [0.4, 0.5) is 0 Å². The normalized spacial score (nSPS) is 11.3. The number of methoxy groups -OCH3 is 2. The lowest BCUT2D eigenvalue weighted by atomic mass is 10.2. The van der Waals surface area contributed by atoms with Gasteiger partial charge >= 0.3 is 5.97 Å². The first-order valence-corrected chi connectivity index (χ1v) is 12.7. The number of carbonyl (C=O) groups is 1. The Morgan fingerprint density at radius 2 is 1.84 bits per heavy atom. The van der Waals surface area contributed by atoms with Crippen molar-refractivity contribution in [2.24, 2.45) is 0 Å². The number of carboxylic acid groups (broad SMARTS) is 1. The van der Waals surface area contributed by atoms with Crippen molar-refractivity contribution < 1.29 is 28.5 Å². The Morgan fingerprint density at radius 3 is 2.54 bits per heavy atom. The summed E-state index contributed by atoms with van der Waals surface area (Å²) < 4.78 is 23.1. The molecule has 4 rings (SSSR count). The van der Waals surface area contributed by atoms with Gasteiger partial charge in [-0.15, -0.1) is 10.2 Å². The average Bonchev–Trinajstić information content (AvgIpc) is 3.36. The van der Waals surface area contributed by atoms with Gasteiger partial charge in [0.05, 0.1) is 24.3 Å². The lowest BCUT2D eigenvalue weighted by molar-refractivity contribution is -0.131. The van der Waals surface area contributed by atoms with Crippen LogP contribution in [0.5, 0.6) is 17.2 Å². The van der Waals surface area contributed by atoms with E-state index in [0.717, 1.165) is 17.3 Å². The number of aliphatic carboxylic acids is 1. The predicted molar refractivity (Wildman–Crippen MR) is 144 cm³/mol. The van der Waals surface area contributed by atoms with Crippen molar-refractivity contribution in [2.45, 2.75) is 11.8 Å². The quantitative estimate of drug-likeness (QED) is 0.152. The molecule has 0 fully saturated rings. The Labute approximate surface area is 230 Å². The van der Waals surface area contributed by atoms with E-state index in [1.54, 1.807) is 30.3 Å². The van der Waals surface area contributed by atoms with Crippen LogP contribution in [-0.2, 0) is 11.4 Å². The maximum atomic E-state index is 12.0. The van der Waals surface area contributed by atoms with Crippen molar-refractivity contribution in [2.75, 3.05) is 14.2 Å². The van der Waals surface area contributed by atoms with Gasteiger partial charge in [0.1, 0.15) is 17.3 Å². The molecule has 0 spiro atoms. The number of aromatic nitrogens is 2. The first-order chi connectivity index (χ1) is 17.9. The highest BCUT2D eigenvalue weighted by molar-refractivity contribution is 9.10. The summed E-state index contributed by atoms with van der Waals surface area (Å²) in [5.74, 6) is 0.426. The minimum absolute atomic E-state index is 0.0412. The fourth-order valence-electron chi connectivity index (χ4n) is 3.28. The number of nitrogens with zero attached hydrogens (tertiary/aromatic N) is 2. The third-order valence-electron chi connectivity index (χ3n) is 4.98. The summed E-state index contributed by atoms with van der Waals surface area (Å²) in [4.78, 5) is 12.0. The summed E-state index contributed by atoms with van der Waals surface area (Å²) in [7, 11) is 3.02. The second-order valence-electron chi connectivity index (χ2n) is 7.44. The first-order valence-electron chi connectivity index (χ1n) is 10.7. The molecule has 1 N–H and O–H groups in total. The van der Waals surface area contributed by atoms with Crippen LogP contribution < -0.4 is 14.2 Å². The number of hydrogen-bond acceptors (Lipinski definition) is 8. The largest absolute Gasteiger partial charge is 0.496 e. The molecule has 37 heavy (non-hydrogen) atoms. The molecular weight excluding hydrogens is 584 g/mol. The summed E-state index contributed by atoms with van der Waals surface area (Å²) in [5.41, 5.74) is 2.06. The Balaban J connectivity index is 1.58. The van der Waals surface area contributed by atoms with E-state index >= 15 is 0 Å². The third-order valence-corrected chi connectivity index (χ3v) is 6.66. The van der Waals surface area contributed by atoms with Crippen molar-refractivity contribution >= 4 is 51.3 Å². The zero-order chi connectivity index (χ0) is 26.4. The van der Waals surface area contributed by atoms with Crippen LogP contribution in [0.25, 0.3) is 17.5 Å². The van der Waals surface area contributed by atoms with Crippen molar-refractivity contribution in [3.05, 3.63) is 86.2 Å². The number of carboxylic acids is 1. The van der Waals surface area contributed by atoms with Gasteiger partial charge in [0.2, 0.25) is 0 Å². The molecule has 0 aliphatic heterocycles. The number of thioether (sulfide) groups is 1. The van der Waals surface area contributed by atoms with E-state index in [-0.39, 0.29) is 16.0 Å². The van der Waals surface area contributed by atoms with Crippen LogP contribution in [-0.4, -0.2) is 35.5 Å². The van der Waals surface area contributed by atoms with E-state index in [0.29, 0.717) is 44.5 Å². The van der Waals surface area contributed by atoms with Crippen LogP contribution in [0.15, 0.2) is 79.7 Å². The highest BCUT2D eigenvalue weighted by Gasteiger charge is 2.19. The van der Waals surface area contributed by atoms with Gasteiger partial charge in [-0.1, -0.05) is 41.9 Å². The minimum Gasteiger partial charge on any atom is -0.496 e. The van der Waals surface area contributed by atoms with E-state index < -0.39 is 5.97 Å². The molecular formula is C26H20BrClN2O6S. The summed E-state index contributed by atoms with van der Waals surface area (Å²) in [5, 5.41) is 18.3. The zero-order valence-corrected chi connectivity index (χ0v) is 22.8. The van der Waals surface area contributed by atoms with Crippen LogP contribution in [0, 0.1) is 0 Å². The van der Waals surface area contributed by atoms with E-state index in [1.807, 2.05) is 30.3 Å². The Hall–Kier alpha value is -3.47. The molecule has 4 aromatic rings. The monoisotopic (exact) mass is 602 g/mol. The molecule has 3 aromatic carbocycles. The van der Waals surface area contributed by atoms with Gasteiger partial charge in [0, 0.05) is 5.02 Å². The zero-order valence-electron chi connectivity index (χ0n) is 19.6. The van der Waals surface area contributed by atoms with Crippen LogP contribution in [0.1, 0.15) is 11.1 Å². The van der Waals surface area contributed by atoms with E-state index in [1.165, 1.54) is 20.3 Å². The van der Waals surface area contributed by atoms with Gasteiger partial charge in [0.25, 0.3) is 11.1 Å². The molecule has 0 bridgehead atoms. The highest BCUT2D eigenvalue weighted by Crippen LogP contribution is 2.39. The topological polar surface area (TPSA) is 104 Å². The molecule has 11 heteroatoms. The molecule has 0 unspecified atom stereocenters. The number of benzene rings is 3. The Bertz CT molecular complexity index is 1440. The van der Waals surface area contributed by atoms with Gasteiger partial charge in [-0.25, -0.2) is 4.79 Å². The number of ether oxygens (including phenoxy) is 3. The van der Waals surface area contributed by atoms with Gasteiger partial charge in [-0.3, -0.25) is 0 Å². The van der Waals surface area contributed by atoms with Crippen molar-refractivity contribution in [3.63, 3.8) is 0 Å². The molecule has 0 radical (unpaired) electrons. The molecule has 0 atom stereocenters. The van der Waals surface area contributed by atoms with E-state index in [4.69, 9.17) is 30.2 Å². The fourth-order valence-corrected chi connectivity index (χ4v) is 4.70. The lowest BCUT2D eigenvalue weighted by Crippen LogP contribution is -2.00. The number of halogens is 2. The summed E-state index contributed by atoms with van der Waals surface area (Å²) in [6.07, 6.45) is 1.48. The second kappa shape index (κ2) is 12.2. The molecule has 0 aliphatic carbocycles. The van der Waals surface area contributed by atoms with Crippen molar-refractivity contribution in [1.82, 2.24) is 10.2 Å². The van der Waals surface area contributed by atoms with Crippen molar-refractivity contribution in [3.8, 4) is 28.7 Å². The van der Waals surface area contributed by atoms with Gasteiger partial charge < -0.3 is 23.7 Å². The third kappa shape index (κ3) is 6.65. The maximum Gasteiger partial charge on any atom is 0.342 e. The number of rotatable bonds is 10. The van der Waals surface area contributed by atoms with E-state index in [2.05, 4.69) is 26.1 Å². The average molecular weight is 604 g/mol. The SMILES string of the molecule is COc1ccc(Cl)cc1-c1nnc(S/C(=C\c2cc(Br)c(OCc3ccccc3)c(OC)c2)C(=O)O)o1. The van der Waals surface area contributed by atoms with E-state index in [9.17, 15) is 9.90 Å². The fraction of sp³-hybridized carbons (Fsp3) is 0.115. The Morgan fingerprint density at radius 1 is 1.08 bits per heavy atom. The molecule has 1 heterocycles. The lowest BCUT2D eigenvalue weighted by Gasteiger charge is -2.14. The molecule has 0 saturated carbocycles. The summed E-state index contributed by atoms with van der Waals surface area (Å²) in [6, 6.07) is 18.1. The van der Waals surface area contributed by atoms with Crippen molar-refractivity contribution in [1.29, 1.82) is 0 Å². The van der Waals surface area contributed by atoms with Crippen LogP contribution in [0.2, 0.25) is 5.02 Å².